The van der Waals surface area contributed by atoms with Gasteiger partial charge in [-0.3, -0.25) is 14.4 Å². The fourth-order valence-electron chi connectivity index (χ4n) is 3.60. The minimum atomic E-state index is -0.795. The van der Waals surface area contributed by atoms with Gasteiger partial charge in [0.2, 0.25) is 17.7 Å². The number of fused-ring (bicyclic) bond motifs is 1. The molecule has 1 aliphatic rings. The van der Waals surface area contributed by atoms with Gasteiger partial charge in [0, 0.05) is 25.7 Å². The zero-order valence-electron chi connectivity index (χ0n) is 21.4. The molecule has 3 N–H and O–H groups in total. The number of nitrogens with one attached hydrogen (secondary N) is 3. The summed E-state index contributed by atoms with van der Waals surface area (Å²) >= 11 is 0. The Balaban J connectivity index is 0.000000784. The third kappa shape index (κ3) is 8.28. The van der Waals surface area contributed by atoms with Crippen LogP contribution >= 0.6 is 0 Å². The standard InChI is InChI=1S/C20H24N6O4.C5H12/c1-26-15-5-7-23-20(30-2)14(15)9-16(26)19(29)24-11-17(27)25-13(10-21)8-12-4-3-6-22-18(12)28;1-5(2,3)4/h5,7,9,12-13H,3-4,6,8,11H2,1-2H3,(H,22,28)(H,24,29)(H,25,27);1-4H3/t12-,13?;/m0./s1. The number of amides is 3. The first kappa shape index (κ1) is 27.6. The average Bonchev–Trinajstić information content (AvgIpc) is 3.14. The van der Waals surface area contributed by atoms with Crippen molar-refractivity contribution in [3.8, 4) is 11.9 Å². The van der Waals surface area contributed by atoms with E-state index in [1.54, 1.807) is 29.9 Å². The number of carbonyl (C=O) groups excluding carboxylic acids is 3. The van der Waals surface area contributed by atoms with Gasteiger partial charge >= 0.3 is 0 Å². The molecule has 0 spiro atoms. The van der Waals surface area contributed by atoms with Gasteiger partial charge in [-0.1, -0.05) is 27.7 Å². The summed E-state index contributed by atoms with van der Waals surface area (Å²) in [6.45, 7) is 9.10. The van der Waals surface area contributed by atoms with Crippen LogP contribution in [0.3, 0.4) is 0 Å². The fourth-order valence-corrected chi connectivity index (χ4v) is 3.60. The molecule has 1 saturated heterocycles. The highest BCUT2D eigenvalue weighted by Crippen LogP contribution is 2.25. The van der Waals surface area contributed by atoms with Crippen molar-refractivity contribution in [1.29, 1.82) is 5.26 Å². The number of hydrogen-bond donors (Lipinski definition) is 3. The molecule has 0 saturated carbocycles. The zero-order valence-corrected chi connectivity index (χ0v) is 21.4. The first-order chi connectivity index (χ1) is 16.4. The van der Waals surface area contributed by atoms with Gasteiger partial charge in [0.25, 0.3) is 5.91 Å². The molecule has 0 aromatic carbocycles. The number of hydrogen-bond acceptors (Lipinski definition) is 6. The molecule has 3 rings (SSSR count). The second-order valence-corrected chi connectivity index (χ2v) is 10.1. The van der Waals surface area contributed by atoms with Gasteiger partial charge in [-0.05, 0) is 36.8 Å². The van der Waals surface area contributed by atoms with E-state index in [2.05, 4.69) is 48.6 Å². The Hall–Kier alpha value is -3.61. The summed E-state index contributed by atoms with van der Waals surface area (Å²) in [6.07, 6.45) is 3.38. The van der Waals surface area contributed by atoms with Crippen molar-refractivity contribution in [1.82, 2.24) is 25.5 Å². The van der Waals surface area contributed by atoms with Crippen LogP contribution in [0.1, 0.15) is 57.4 Å². The summed E-state index contributed by atoms with van der Waals surface area (Å²) in [6, 6.07) is 4.63. The van der Waals surface area contributed by atoms with E-state index >= 15 is 0 Å². The lowest BCUT2D eigenvalue weighted by Gasteiger charge is -2.23. The second-order valence-electron chi connectivity index (χ2n) is 10.1. The molecule has 0 radical (unpaired) electrons. The summed E-state index contributed by atoms with van der Waals surface area (Å²) in [5, 5.41) is 17.9. The van der Waals surface area contributed by atoms with E-state index in [-0.39, 0.29) is 24.8 Å². The molecular formula is C25H36N6O4. The summed E-state index contributed by atoms with van der Waals surface area (Å²) in [7, 11) is 3.24. The normalized spacial score (nSPS) is 16.3. The summed E-state index contributed by atoms with van der Waals surface area (Å²) in [4.78, 5) is 40.7. The van der Waals surface area contributed by atoms with E-state index in [4.69, 9.17) is 4.74 Å². The first-order valence-corrected chi connectivity index (χ1v) is 11.7. The molecule has 190 valence electrons. The van der Waals surface area contributed by atoms with Crippen LogP contribution in [-0.2, 0) is 16.6 Å². The van der Waals surface area contributed by atoms with E-state index in [1.807, 2.05) is 6.07 Å². The van der Waals surface area contributed by atoms with E-state index in [0.29, 0.717) is 35.3 Å². The van der Waals surface area contributed by atoms with Crippen molar-refractivity contribution >= 4 is 28.6 Å². The third-order valence-corrected chi connectivity index (χ3v) is 5.18. The number of pyridine rings is 1. The van der Waals surface area contributed by atoms with Crippen LogP contribution in [0.25, 0.3) is 10.9 Å². The van der Waals surface area contributed by atoms with Crippen molar-refractivity contribution in [3.63, 3.8) is 0 Å². The number of nitriles is 1. The van der Waals surface area contributed by atoms with Crippen LogP contribution in [0.5, 0.6) is 5.88 Å². The largest absolute Gasteiger partial charge is 0.481 e. The maximum absolute atomic E-state index is 12.6. The van der Waals surface area contributed by atoms with Gasteiger partial charge in [-0.15, -0.1) is 0 Å². The maximum atomic E-state index is 12.6. The Labute approximate surface area is 206 Å². The van der Waals surface area contributed by atoms with E-state index in [0.717, 1.165) is 11.9 Å². The van der Waals surface area contributed by atoms with E-state index in [9.17, 15) is 19.6 Å². The Bertz CT molecular complexity index is 1090. The number of aromatic nitrogens is 2. The number of nitrogens with zero attached hydrogens (tertiary/aromatic N) is 3. The Morgan fingerprint density at radius 3 is 2.66 bits per heavy atom. The molecular weight excluding hydrogens is 448 g/mol. The molecule has 3 amide bonds. The topological polar surface area (TPSA) is 138 Å². The van der Waals surface area contributed by atoms with Crippen LogP contribution in [0.15, 0.2) is 18.3 Å². The van der Waals surface area contributed by atoms with Gasteiger partial charge in [0.1, 0.15) is 11.7 Å². The fraction of sp³-hybridized carbons (Fsp3) is 0.560. The highest BCUT2D eigenvalue weighted by atomic mass is 16.5. The minimum absolute atomic E-state index is 0.0928. The Morgan fingerprint density at radius 1 is 1.37 bits per heavy atom. The van der Waals surface area contributed by atoms with Crippen molar-refractivity contribution in [2.75, 3.05) is 20.2 Å². The molecule has 1 unspecified atom stereocenters. The molecule has 10 heteroatoms. The molecule has 35 heavy (non-hydrogen) atoms. The number of carbonyl (C=O) groups is 3. The van der Waals surface area contributed by atoms with Gasteiger partial charge in [-0.25, -0.2) is 4.98 Å². The van der Waals surface area contributed by atoms with Crippen molar-refractivity contribution in [3.05, 3.63) is 24.0 Å². The van der Waals surface area contributed by atoms with E-state index < -0.39 is 17.9 Å². The lowest BCUT2D eigenvalue weighted by Crippen LogP contribution is -2.45. The van der Waals surface area contributed by atoms with Crippen LogP contribution in [0, 0.1) is 22.7 Å². The molecule has 3 heterocycles. The summed E-state index contributed by atoms with van der Waals surface area (Å²) < 4.78 is 6.91. The molecule has 2 aromatic heterocycles. The van der Waals surface area contributed by atoms with E-state index in [1.165, 1.54) is 7.11 Å². The zero-order chi connectivity index (χ0) is 26.2. The molecule has 0 bridgehead atoms. The number of rotatable bonds is 7. The number of methoxy groups -OCH3 is 1. The van der Waals surface area contributed by atoms with Crippen molar-refractivity contribution in [2.45, 2.75) is 53.0 Å². The monoisotopic (exact) mass is 484 g/mol. The van der Waals surface area contributed by atoms with Gasteiger partial charge in [0.15, 0.2) is 0 Å². The predicted molar refractivity (Wildman–Crippen MR) is 133 cm³/mol. The van der Waals surface area contributed by atoms with Crippen LogP contribution in [-0.4, -0.2) is 53.5 Å². The smallest absolute Gasteiger partial charge is 0.268 e. The molecule has 0 aliphatic carbocycles. The lowest BCUT2D eigenvalue weighted by molar-refractivity contribution is -0.127. The number of piperidine rings is 1. The third-order valence-electron chi connectivity index (χ3n) is 5.18. The van der Waals surface area contributed by atoms with Crippen molar-refractivity contribution in [2.24, 2.45) is 18.4 Å². The average molecular weight is 485 g/mol. The van der Waals surface area contributed by atoms with Crippen molar-refractivity contribution < 1.29 is 19.1 Å². The van der Waals surface area contributed by atoms with Crippen LogP contribution < -0.4 is 20.7 Å². The van der Waals surface area contributed by atoms with Crippen LogP contribution in [0.4, 0.5) is 0 Å². The van der Waals surface area contributed by atoms with Gasteiger partial charge in [0.05, 0.1) is 30.6 Å². The highest BCUT2D eigenvalue weighted by molar-refractivity contribution is 6.01. The number of ether oxygens (including phenoxy) is 1. The Kier molecular flexibility index (Phi) is 9.63. The molecule has 2 atom stereocenters. The maximum Gasteiger partial charge on any atom is 0.268 e. The molecule has 1 aliphatic heterocycles. The van der Waals surface area contributed by atoms with Gasteiger partial charge in [-0.2, -0.15) is 5.26 Å². The summed E-state index contributed by atoms with van der Waals surface area (Å²) in [5.74, 6) is -0.916. The summed E-state index contributed by atoms with van der Waals surface area (Å²) in [5.41, 5.74) is 1.62. The molecule has 1 fully saturated rings. The number of aryl methyl sites for hydroxylation is 1. The predicted octanol–water partition coefficient (Wildman–Crippen LogP) is 2.29. The molecule has 10 nitrogen and oxygen atoms in total. The quantitative estimate of drug-likeness (QED) is 0.551. The first-order valence-electron chi connectivity index (χ1n) is 11.7. The van der Waals surface area contributed by atoms with Crippen LogP contribution in [0.2, 0.25) is 0 Å². The lowest BCUT2D eigenvalue weighted by atomic mass is 9.92. The molecule has 2 aromatic rings. The van der Waals surface area contributed by atoms with Gasteiger partial charge < -0.3 is 25.3 Å². The minimum Gasteiger partial charge on any atom is -0.481 e. The Morgan fingerprint density at radius 2 is 2.06 bits per heavy atom. The second kappa shape index (κ2) is 12.2. The highest BCUT2D eigenvalue weighted by Gasteiger charge is 2.26. The SMILES string of the molecule is CC(C)(C)C.COc1nccc2c1cc(C(=O)NCC(=O)NC(C#N)C[C@@H]1CCCNC1=O)n2C.